The summed E-state index contributed by atoms with van der Waals surface area (Å²) in [4.78, 5) is 4.13. The summed E-state index contributed by atoms with van der Waals surface area (Å²) in [5.74, 6) is 0.308. The van der Waals surface area contributed by atoms with E-state index in [-0.39, 0.29) is 17.0 Å². The maximum atomic E-state index is 12.5. The van der Waals surface area contributed by atoms with Gasteiger partial charge in [0, 0.05) is 18.7 Å². The van der Waals surface area contributed by atoms with Crippen molar-refractivity contribution in [1.82, 2.24) is 25.0 Å². The highest BCUT2D eigenvalue weighted by atomic mass is 32.2. The van der Waals surface area contributed by atoms with Gasteiger partial charge in [-0.1, -0.05) is 30.3 Å². The molecule has 0 aliphatic rings. The van der Waals surface area contributed by atoms with Gasteiger partial charge in [-0.05, 0) is 25.5 Å². The average molecular weight is 345 g/mol. The topological polar surface area (TPSA) is 93.5 Å². The SMILES string of the molecule is CC(C)n1ccc(CS(=O)(=O)c2n[nH]c(Cc3ccccc3)n2)n1. The average Bonchev–Trinajstić information content (AvgIpc) is 3.18. The Bertz CT molecular complexity index is 913. The van der Waals surface area contributed by atoms with Crippen LogP contribution in [0.3, 0.4) is 0 Å². The lowest BCUT2D eigenvalue weighted by Crippen LogP contribution is -2.09. The zero-order valence-corrected chi connectivity index (χ0v) is 14.4. The van der Waals surface area contributed by atoms with Crippen molar-refractivity contribution in [2.75, 3.05) is 0 Å². The Kier molecular flexibility index (Phi) is 4.48. The number of hydrogen-bond donors (Lipinski definition) is 1. The maximum Gasteiger partial charge on any atom is 0.267 e. The van der Waals surface area contributed by atoms with Crippen LogP contribution in [0.5, 0.6) is 0 Å². The summed E-state index contributed by atoms with van der Waals surface area (Å²) in [7, 11) is -3.63. The first kappa shape index (κ1) is 16.4. The second-order valence-corrected chi connectivity index (χ2v) is 7.75. The monoisotopic (exact) mass is 345 g/mol. The number of aromatic nitrogens is 5. The highest BCUT2D eigenvalue weighted by Gasteiger charge is 2.22. The van der Waals surface area contributed by atoms with Gasteiger partial charge in [0.05, 0.1) is 5.69 Å². The first-order valence-corrected chi connectivity index (χ1v) is 9.31. The molecule has 0 saturated heterocycles. The Hall–Kier alpha value is -2.48. The van der Waals surface area contributed by atoms with E-state index in [1.54, 1.807) is 16.9 Å². The fraction of sp³-hybridized carbons (Fsp3) is 0.312. The fourth-order valence-electron chi connectivity index (χ4n) is 2.29. The predicted molar refractivity (Wildman–Crippen MR) is 89.1 cm³/mol. The van der Waals surface area contributed by atoms with Crippen molar-refractivity contribution in [1.29, 1.82) is 0 Å². The molecule has 0 spiro atoms. The van der Waals surface area contributed by atoms with E-state index in [0.717, 1.165) is 5.56 Å². The first-order chi connectivity index (χ1) is 11.4. The molecule has 2 aromatic heterocycles. The van der Waals surface area contributed by atoms with Crippen molar-refractivity contribution in [3.05, 3.63) is 59.7 Å². The quantitative estimate of drug-likeness (QED) is 0.739. The number of rotatable bonds is 6. The highest BCUT2D eigenvalue weighted by Crippen LogP contribution is 2.14. The number of aromatic amines is 1. The predicted octanol–water partition coefficient (Wildman–Crippen LogP) is 2.15. The largest absolute Gasteiger partial charge is 0.270 e. The molecule has 24 heavy (non-hydrogen) atoms. The summed E-state index contributed by atoms with van der Waals surface area (Å²) in [5.41, 5.74) is 1.52. The first-order valence-electron chi connectivity index (χ1n) is 7.66. The minimum absolute atomic E-state index is 0.183. The summed E-state index contributed by atoms with van der Waals surface area (Å²) in [6.45, 7) is 3.97. The molecule has 3 rings (SSSR count). The van der Waals surface area contributed by atoms with E-state index in [2.05, 4.69) is 20.3 Å². The molecule has 126 valence electrons. The van der Waals surface area contributed by atoms with E-state index < -0.39 is 9.84 Å². The Balaban J connectivity index is 1.75. The Morgan fingerprint density at radius 1 is 1.17 bits per heavy atom. The van der Waals surface area contributed by atoms with E-state index in [1.807, 2.05) is 44.2 Å². The Morgan fingerprint density at radius 2 is 1.92 bits per heavy atom. The summed E-state index contributed by atoms with van der Waals surface area (Å²) in [6, 6.07) is 11.6. The summed E-state index contributed by atoms with van der Waals surface area (Å²) >= 11 is 0. The molecule has 0 unspecified atom stereocenters. The van der Waals surface area contributed by atoms with Crippen molar-refractivity contribution in [3.63, 3.8) is 0 Å². The number of sulfone groups is 1. The van der Waals surface area contributed by atoms with Crippen LogP contribution < -0.4 is 0 Å². The van der Waals surface area contributed by atoms with Crippen LogP contribution in [0.15, 0.2) is 47.8 Å². The Labute approximate surface area is 140 Å². The zero-order valence-electron chi connectivity index (χ0n) is 13.5. The third kappa shape index (κ3) is 3.70. The van der Waals surface area contributed by atoms with Crippen LogP contribution in [-0.2, 0) is 22.0 Å². The number of benzene rings is 1. The normalized spacial score (nSPS) is 12.0. The highest BCUT2D eigenvalue weighted by molar-refractivity contribution is 7.90. The molecule has 1 aromatic carbocycles. The lowest BCUT2D eigenvalue weighted by molar-refractivity contribution is 0.527. The molecule has 0 saturated carbocycles. The Morgan fingerprint density at radius 3 is 2.58 bits per heavy atom. The molecular formula is C16H19N5O2S. The van der Waals surface area contributed by atoms with Gasteiger partial charge in [-0.25, -0.2) is 13.4 Å². The molecule has 0 bridgehead atoms. The maximum absolute atomic E-state index is 12.5. The third-order valence-corrected chi connectivity index (χ3v) is 4.95. The van der Waals surface area contributed by atoms with Gasteiger partial charge < -0.3 is 0 Å². The molecule has 0 aliphatic carbocycles. The molecule has 8 heteroatoms. The van der Waals surface area contributed by atoms with Crippen LogP contribution in [-0.4, -0.2) is 33.4 Å². The third-order valence-electron chi connectivity index (χ3n) is 3.53. The van der Waals surface area contributed by atoms with Gasteiger partial charge >= 0.3 is 0 Å². The molecule has 3 aromatic rings. The minimum atomic E-state index is -3.63. The van der Waals surface area contributed by atoms with E-state index in [9.17, 15) is 8.42 Å². The number of nitrogens with one attached hydrogen (secondary N) is 1. The second-order valence-electron chi connectivity index (χ2n) is 5.87. The van der Waals surface area contributed by atoms with Gasteiger partial charge in [-0.2, -0.15) is 5.10 Å². The van der Waals surface area contributed by atoms with Crippen molar-refractivity contribution in [2.45, 2.75) is 37.2 Å². The molecule has 2 heterocycles. The molecule has 0 fully saturated rings. The van der Waals surface area contributed by atoms with Crippen molar-refractivity contribution in [3.8, 4) is 0 Å². The number of H-pyrrole nitrogens is 1. The standard InChI is InChI=1S/C16H19N5O2S/c1-12(2)21-9-8-14(20-21)11-24(22,23)16-17-15(18-19-16)10-13-6-4-3-5-7-13/h3-9,12H,10-11H2,1-2H3,(H,17,18,19). The smallest absolute Gasteiger partial charge is 0.267 e. The molecule has 0 radical (unpaired) electrons. The van der Waals surface area contributed by atoms with E-state index >= 15 is 0 Å². The fourth-order valence-corrected chi connectivity index (χ4v) is 3.39. The van der Waals surface area contributed by atoms with Crippen LogP contribution in [0.1, 0.15) is 37.0 Å². The molecular weight excluding hydrogens is 326 g/mol. The van der Waals surface area contributed by atoms with Crippen molar-refractivity contribution >= 4 is 9.84 Å². The van der Waals surface area contributed by atoms with E-state index in [4.69, 9.17) is 0 Å². The van der Waals surface area contributed by atoms with Gasteiger partial charge in [0.1, 0.15) is 11.6 Å². The molecule has 0 atom stereocenters. The van der Waals surface area contributed by atoms with Crippen LogP contribution in [0.4, 0.5) is 0 Å². The van der Waals surface area contributed by atoms with Crippen molar-refractivity contribution < 1.29 is 8.42 Å². The van der Waals surface area contributed by atoms with E-state index in [0.29, 0.717) is 17.9 Å². The molecule has 0 amide bonds. The zero-order chi connectivity index (χ0) is 17.2. The van der Waals surface area contributed by atoms with Gasteiger partial charge in [0.25, 0.3) is 5.16 Å². The lowest BCUT2D eigenvalue weighted by Gasteiger charge is -2.03. The summed E-state index contributed by atoms with van der Waals surface area (Å²) in [6.07, 6.45) is 2.28. The lowest BCUT2D eigenvalue weighted by atomic mass is 10.1. The summed E-state index contributed by atoms with van der Waals surface area (Å²) in [5, 5.41) is 10.6. The summed E-state index contributed by atoms with van der Waals surface area (Å²) < 4.78 is 26.6. The second kappa shape index (κ2) is 6.56. The molecule has 0 aliphatic heterocycles. The van der Waals surface area contributed by atoms with E-state index in [1.165, 1.54) is 0 Å². The van der Waals surface area contributed by atoms with Gasteiger partial charge in [-0.15, -0.1) is 5.10 Å². The minimum Gasteiger partial charge on any atom is -0.270 e. The van der Waals surface area contributed by atoms with Gasteiger partial charge in [0.2, 0.25) is 9.84 Å². The van der Waals surface area contributed by atoms with Crippen LogP contribution in [0, 0.1) is 0 Å². The number of hydrogen-bond acceptors (Lipinski definition) is 5. The molecule has 7 nitrogen and oxygen atoms in total. The van der Waals surface area contributed by atoms with Crippen LogP contribution in [0.2, 0.25) is 0 Å². The van der Waals surface area contributed by atoms with Gasteiger partial charge in [-0.3, -0.25) is 9.78 Å². The van der Waals surface area contributed by atoms with Gasteiger partial charge in [0.15, 0.2) is 0 Å². The molecule has 1 N–H and O–H groups in total. The van der Waals surface area contributed by atoms with Crippen LogP contribution in [0.25, 0.3) is 0 Å². The van der Waals surface area contributed by atoms with Crippen molar-refractivity contribution in [2.24, 2.45) is 0 Å². The van der Waals surface area contributed by atoms with Crippen LogP contribution >= 0.6 is 0 Å². The number of nitrogens with zero attached hydrogens (tertiary/aromatic N) is 4.